The highest BCUT2D eigenvalue weighted by Crippen LogP contribution is 2.29. The molecule has 1 aromatic carbocycles. The molecule has 0 saturated heterocycles. The van der Waals surface area contributed by atoms with Crippen molar-refractivity contribution in [2.45, 2.75) is 26.3 Å². The molecule has 21 heavy (non-hydrogen) atoms. The average molecular weight is 285 g/mol. The SMILES string of the molecule is Cc1ccc2c(c1)CCCN2Cc1c(C(=O)O)cnn1C. The van der Waals surface area contributed by atoms with Crippen LogP contribution < -0.4 is 4.90 Å². The molecule has 1 aliphatic heterocycles. The molecule has 0 aliphatic carbocycles. The van der Waals surface area contributed by atoms with Crippen molar-refractivity contribution < 1.29 is 9.90 Å². The monoisotopic (exact) mass is 285 g/mol. The van der Waals surface area contributed by atoms with Crippen LogP contribution in [0.15, 0.2) is 24.4 Å². The van der Waals surface area contributed by atoms with Crippen LogP contribution in [-0.4, -0.2) is 27.4 Å². The van der Waals surface area contributed by atoms with E-state index < -0.39 is 5.97 Å². The van der Waals surface area contributed by atoms with E-state index in [0.717, 1.165) is 25.1 Å². The number of aromatic nitrogens is 2. The van der Waals surface area contributed by atoms with Crippen LogP contribution in [0.5, 0.6) is 0 Å². The van der Waals surface area contributed by atoms with E-state index in [-0.39, 0.29) is 5.56 Å². The summed E-state index contributed by atoms with van der Waals surface area (Å²) in [6, 6.07) is 6.47. The van der Waals surface area contributed by atoms with Crippen molar-refractivity contribution in [3.63, 3.8) is 0 Å². The lowest BCUT2D eigenvalue weighted by molar-refractivity contribution is 0.0695. The minimum atomic E-state index is -0.917. The lowest BCUT2D eigenvalue weighted by atomic mass is 9.99. The van der Waals surface area contributed by atoms with Gasteiger partial charge in [0.1, 0.15) is 5.56 Å². The molecule has 2 heterocycles. The Morgan fingerprint density at radius 3 is 3.00 bits per heavy atom. The summed E-state index contributed by atoms with van der Waals surface area (Å²) in [6.45, 7) is 3.62. The number of aromatic carboxylic acids is 1. The molecule has 1 aromatic heterocycles. The third-order valence-electron chi connectivity index (χ3n) is 4.08. The Bertz CT molecular complexity index is 691. The van der Waals surface area contributed by atoms with Crippen LogP contribution in [0.3, 0.4) is 0 Å². The third kappa shape index (κ3) is 2.51. The molecular weight excluding hydrogens is 266 g/mol. The summed E-state index contributed by atoms with van der Waals surface area (Å²) in [6.07, 6.45) is 3.61. The van der Waals surface area contributed by atoms with Gasteiger partial charge < -0.3 is 10.0 Å². The fraction of sp³-hybridized carbons (Fsp3) is 0.375. The van der Waals surface area contributed by atoms with E-state index in [1.807, 2.05) is 0 Å². The maximum absolute atomic E-state index is 11.3. The lowest BCUT2D eigenvalue weighted by Gasteiger charge is -2.31. The smallest absolute Gasteiger partial charge is 0.339 e. The predicted molar refractivity (Wildman–Crippen MR) is 80.7 cm³/mol. The van der Waals surface area contributed by atoms with Gasteiger partial charge >= 0.3 is 5.97 Å². The van der Waals surface area contributed by atoms with Gasteiger partial charge in [0.15, 0.2) is 0 Å². The number of hydrogen-bond donors (Lipinski definition) is 1. The number of carbonyl (C=O) groups is 1. The Morgan fingerprint density at radius 1 is 1.43 bits per heavy atom. The number of carboxylic acid groups (broad SMARTS) is 1. The van der Waals surface area contributed by atoms with Gasteiger partial charge in [-0.25, -0.2) is 4.79 Å². The molecule has 2 aromatic rings. The van der Waals surface area contributed by atoms with Gasteiger partial charge in [-0.3, -0.25) is 4.68 Å². The zero-order chi connectivity index (χ0) is 15.0. The second kappa shape index (κ2) is 5.24. The molecule has 3 rings (SSSR count). The third-order valence-corrected chi connectivity index (χ3v) is 4.08. The van der Waals surface area contributed by atoms with Crippen molar-refractivity contribution in [3.05, 3.63) is 46.8 Å². The standard InChI is InChI=1S/C16H19N3O2/c1-11-5-6-14-12(8-11)4-3-7-19(14)10-15-13(16(20)21)9-17-18(15)2/h5-6,8-9H,3-4,7,10H2,1-2H3,(H,20,21). The second-order valence-electron chi connectivity index (χ2n) is 5.59. The number of rotatable bonds is 3. The molecule has 0 spiro atoms. The summed E-state index contributed by atoms with van der Waals surface area (Å²) < 4.78 is 1.66. The maximum atomic E-state index is 11.3. The molecule has 1 N–H and O–H groups in total. The largest absolute Gasteiger partial charge is 0.478 e. The van der Waals surface area contributed by atoms with Gasteiger partial charge in [-0.2, -0.15) is 5.10 Å². The van der Waals surface area contributed by atoms with Gasteiger partial charge in [0.2, 0.25) is 0 Å². The van der Waals surface area contributed by atoms with Crippen LogP contribution in [0, 0.1) is 6.92 Å². The van der Waals surface area contributed by atoms with E-state index in [9.17, 15) is 9.90 Å². The van der Waals surface area contributed by atoms with Gasteiger partial charge in [-0.05, 0) is 31.4 Å². The van der Waals surface area contributed by atoms with Gasteiger partial charge in [0.05, 0.1) is 18.4 Å². The highest BCUT2D eigenvalue weighted by atomic mass is 16.4. The zero-order valence-electron chi connectivity index (χ0n) is 12.3. The number of nitrogens with zero attached hydrogens (tertiary/aromatic N) is 3. The summed E-state index contributed by atoms with van der Waals surface area (Å²) in [5.74, 6) is -0.917. The zero-order valence-corrected chi connectivity index (χ0v) is 12.3. The molecule has 110 valence electrons. The summed E-state index contributed by atoms with van der Waals surface area (Å²) in [5, 5.41) is 13.4. The number of anilines is 1. The maximum Gasteiger partial charge on any atom is 0.339 e. The Hall–Kier alpha value is -2.30. The highest BCUT2D eigenvalue weighted by molar-refractivity contribution is 5.88. The summed E-state index contributed by atoms with van der Waals surface area (Å²) in [7, 11) is 1.79. The van der Waals surface area contributed by atoms with Crippen LogP contribution >= 0.6 is 0 Å². The van der Waals surface area contributed by atoms with E-state index >= 15 is 0 Å². The van der Waals surface area contributed by atoms with E-state index in [4.69, 9.17) is 0 Å². The summed E-state index contributed by atoms with van der Waals surface area (Å²) in [5.41, 5.74) is 4.86. The van der Waals surface area contributed by atoms with E-state index in [1.165, 1.54) is 23.0 Å². The number of carboxylic acids is 1. The van der Waals surface area contributed by atoms with Crippen LogP contribution in [0.25, 0.3) is 0 Å². The second-order valence-corrected chi connectivity index (χ2v) is 5.59. The minimum absolute atomic E-state index is 0.289. The van der Waals surface area contributed by atoms with E-state index in [2.05, 4.69) is 35.1 Å². The molecule has 5 heteroatoms. The molecule has 0 unspecified atom stereocenters. The van der Waals surface area contributed by atoms with Gasteiger partial charge in [0.25, 0.3) is 0 Å². The Kier molecular flexibility index (Phi) is 3.41. The first kappa shape index (κ1) is 13.7. The Morgan fingerprint density at radius 2 is 2.24 bits per heavy atom. The lowest BCUT2D eigenvalue weighted by Crippen LogP contribution is -2.30. The van der Waals surface area contributed by atoms with Gasteiger partial charge in [-0.1, -0.05) is 17.7 Å². The van der Waals surface area contributed by atoms with Gasteiger partial charge in [0, 0.05) is 19.3 Å². The van der Waals surface area contributed by atoms with Crippen molar-refractivity contribution >= 4 is 11.7 Å². The Labute approximate surface area is 123 Å². The number of benzene rings is 1. The molecule has 0 fully saturated rings. The van der Waals surface area contributed by atoms with Crippen LogP contribution in [-0.2, 0) is 20.0 Å². The molecule has 5 nitrogen and oxygen atoms in total. The predicted octanol–water partition coefficient (Wildman–Crippen LogP) is 2.38. The fourth-order valence-electron chi connectivity index (χ4n) is 2.98. The van der Waals surface area contributed by atoms with Crippen LogP contribution in [0.2, 0.25) is 0 Å². The molecule has 0 saturated carbocycles. The first-order valence-electron chi connectivity index (χ1n) is 7.15. The van der Waals surface area contributed by atoms with E-state index in [0.29, 0.717) is 6.54 Å². The first-order chi connectivity index (χ1) is 10.1. The summed E-state index contributed by atoms with van der Waals surface area (Å²) in [4.78, 5) is 13.5. The number of fused-ring (bicyclic) bond motifs is 1. The van der Waals surface area contributed by atoms with Crippen molar-refractivity contribution in [1.82, 2.24) is 9.78 Å². The number of aryl methyl sites for hydroxylation is 3. The molecule has 1 aliphatic rings. The molecule has 0 atom stereocenters. The Balaban J connectivity index is 1.94. The van der Waals surface area contributed by atoms with Crippen LogP contribution in [0.1, 0.15) is 33.6 Å². The normalized spacial score (nSPS) is 14.1. The minimum Gasteiger partial charge on any atom is -0.478 e. The van der Waals surface area contributed by atoms with Crippen molar-refractivity contribution in [3.8, 4) is 0 Å². The fourth-order valence-corrected chi connectivity index (χ4v) is 2.98. The van der Waals surface area contributed by atoms with Crippen molar-refractivity contribution in [2.75, 3.05) is 11.4 Å². The summed E-state index contributed by atoms with van der Waals surface area (Å²) >= 11 is 0. The van der Waals surface area contributed by atoms with Crippen LogP contribution in [0.4, 0.5) is 5.69 Å². The molecule has 0 radical (unpaired) electrons. The van der Waals surface area contributed by atoms with Crippen molar-refractivity contribution in [1.29, 1.82) is 0 Å². The average Bonchev–Trinajstić information content (AvgIpc) is 2.80. The first-order valence-corrected chi connectivity index (χ1v) is 7.15. The topological polar surface area (TPSA) is 58.4 Å². The molecule has 0 amide bonds. The molecule has 0 bridgehead atoms. The molecular formula is C16H19N3O2. The number of hydrogen-bond acceptors (Lipinski definition) is 3. The van der Waals surface area contributed by atoms with Crippen molar-refractivity contribution in [2.24, 2.45) is 7.05 Å². The quantitative estimate of drug-likeness (QED) is 0.940. The van der Waals surface area contributed by atoms with Gasteiger partial charge in [-0.15, -0.1) is 0 Å². The van der Waals surface area contributed by atoms with E-state index in [1.54, 1.807) is 11.7 Å². The highest BCUT2D eigenvalue weighted by Gasteiger charge is 2.21.